The zero-order valence-electron chi connectivity index (χ0n) is 20.1. The van der Waals surface area contributed by atoms with Gasteiger partial charge in [0.25, 0.3) is 0 Å². The van der Waals surface area contributed by atoms with E-state index < -0.39 is 13.5 Å². The van der Waals surface area contributed by atoms with Crippen molar-refractivity contribution in [3.63, 3.8) is 0 Å². The van der Waals surface area contributed by atoms with Crippen molar-refractivity contribution in [2.45, 2.75) is 84.0 Å². The van der Waals surface area contributed by atoms with Crippen LogP contribution in [0.2, 0.25) is 0 Å². The minimum absolute atomic E-state index is 0.0412. The summed E-state index contributed by atoms with van der Waals surface area (Å²) in [6.45, 7) is 4.96. The summed E-state index contributed by atoms with van der Waals surface area (Å²) in [4.78, 5) is 25.2. The van der Waals surface area contributed by atoms with Gasteiger partial charge < -0.3 is 18.5 Å². The van der Waals surface area contributed by atoms with Crippen molar-refractivity contribution in [2.75, 3.05) is 27.0 Å². The van der Waals surface area contributed by atoms with Crippen molar-refractivity contribution < 1.29 is 32.7 Å². The lowest BCUT2D eigenvalue weighted by Gasteiger charge is -2.27. The van der Waals surface area contributed by atoms with Gasteiger partial charge in [-0.05, 0) is 37.5 Å². The van der Waals surface area contributed by atoms with Gasteiger partial charge in [-0.1, -0.05) is 45.3 Å². The quantitative estimate of drug-likeness (QED) is 0.192. The van der Waals surface area contributed by atoms with Gasteiger partial charge in [0.2, 0.25) is 0 Å². The van der Waals surface area contributed by atoms with Gasteiger partial charge in [0.05, 0.1) is 6.10 Å². The summed E-state index contributed by atoms with van der Waals surface area (Å²) in [6, 6.07) is 0. The van der Waals surface area contributed by atoms with Crippen LogP contribution in [0, 0.1) is 17.8 Å². The molecule has 0 spiro atoms. The fraction of sp³-hybridized carbons (Fsp3) is 0.833. The molecule has 1 heterocycles. The summed E-state index contributed by atoms with van der Waals surface area (Å²) in [5.41, 5.74) is 0. The van der Waals surface area contributed by atoms with Gasteiger partial charge in [-0.25, -0.2) is 0 Å². The van der Waals surface area contributed by atoms with Crippen molar-refractivity contribution in [1.29, 1.82) is 0 Å². The third-order valence-electron chi connectivity index (χ3n) is 6.54. The SMILES string of the molecule is CCCCC[C@@H](/C=C/[C@H]1[C@H](C)CC(=O)[C@@H]1CC(=O)CP(=O)(OC)OC)OC1CCCCO1. The number of rotatable bonds is 14. The number of carbonyl (C=O) groups is 2. The van der Waals surface area contributed by atoms with Crippen LogP contribution in [0.3, 0.4) is 0 Å². The number of ether oxygens (including phenoxy) is 2. The standard InChI is InChI=1S/C24H41O7P/c1-5-6-7-10-20(31-24-11-8-9-14-30-24)12-13-21-18(2)15-23(26)22(21)16-19(25)17-32(27,28-3)29-4/h12-13,18,20-22,24H,5-11,14-17H2,1-4H3/b13-12+/t18-,20+,21+,22-,24?/m1/s1. The van der Waals surface area contributed by atoms with Crippen LogP contribution < -0.4 is 0 Å². The van der Waals surface area contributed by atoms with Crippen LogP contribution in [0.15, 0.2) is 12.2 Å². The summed E-state index contributed by atoms with van der Waals surface area (Å²) < 4.78 is 34.1. The van der Waals surface area contributed by atoms with Crippen molar-refractivity contribution in [2.24, 2.45) is 17.8 Å². The summed E-state index contributed by atoms with van der Waals surface area (Å²) in [5.74, 6) is -0.479. The second-order valence-corrected chi connectivity index (χ2v) is 11.3. The number of hydrogen-bond donors (Lipinski definition) is 0. The zero-order valence-corrected chi connectivity index (χ0v) is 21.0. The van der Waals surface area contributed by atoms with Gasteiger partial charge in [-0.2, -0.15) is 0 Å². The second kappa shape index (κ2) is 13.8. The second-order valence-electron chi connectivity index (χ2n) is 9.06. The molecule has 1 saturated carbocycles. The van der Waals surface area contributed by atoms with Crippen LogP contribution in [0.1, 0.15) is 71.6 Å². The molecule has 5 atom stereocenters. The molecule has 2 fully saturated rings. The number of carbonyl (C=O) groups excluding carboxylic acids is 2. The molecule has 0 radical (unpaired) electrons. The highest BCUT2D eigenvalue weighted by molar-refractivity contribution is 7.54. The lowest BCUT2D eigenvalue weighted by molar-refractivity contribution is -0.179. The molecule has 0 amide bonds. The first-order valence-electron chi connectivity index (χ1n) is 12.0. The molecular weight excluding hydrogens is 431 g/mol. The first-order valence-corrected chi connectivity index (χ1v) is 13.7. The average molecular weight is 473 g/mol. The molecule has 184 valence electrons. The van der Waals surface area contributed by atoms with Crippen LogP contribution in [0.25, 0.3) is 0 Å². The molecule has 7 nitrogen and oxygen atoms in total. The Kier molecular flexibility index (Phi) is 11.8. The molecule has 0 aromatic heterocycles. The van der Waals surface area contributed by atoms with Gasteiger partial charge >= 0.3 is 7.60 Å². The minimum atomic E-state index is -3.43. The Morgan fingerprint density at radius 3 is 2.62 bits per heavy atom. The number of Topliss-reactive ketones (excluding diaryl/α,β-unsaturated/α-hetero) is 2. The van der Waals surface area contributed by atoms with E-state index in [4.69, 9.17) is 18.5 Å². The van der Waals surface area contributed by atoms with E-state index in [1.807, 2.05) is 6.92 Å². The third kappa shape index (κ3) is 8.49. The first-order chi connectivity index (χ1) is 15.3. The Bertz CT molecular complexity index is 663. The van der Waals surface area contributed by atoms with Crippen molar-refractivity contribution >= 4 is 19.2 Å². The van der Waals surface area contributed by atoms with Crippen LogP contribution >= 0.6 is 7.60 Å². The number of hydrogen-bond acceptors (Lipinski definition) is 7. The molecular formula is C24H41O7P. The lowest BCUT2D eigenvalue weighted by Crippen LogP contribution is -2.27. The van der Waals surface area contributed by atoms with Gasteiger partial charge in [0, 0.05) is 39.6 Å². The Morgan fingerprint density at radius 1 is 1.25 bits per heavy atom. The van der Waals surface area contributed by atoms with E-state index in [1.165, 1.54) is 14.2 Å². The maximum absolute atomic E-state index is 12.6. The predicted molar refractivity (Wildman–Crippen MR) is 124 cm³/mol. The van der Waals surface area contributed by atoms with Crippen LogP contribution in [0.4, 0.5) is 0 Å². The Morgan fingerprint density at radius 2 is 2.00 bits per heavy atom. The number of ketones is 2. The Hall–Kier alpha value is -0.850. The minimum Gasteiger partial charge on any atom is -0.353 e. The fourth-order valence-electron chi connectivity index (χ4n) is 4.59. The molecule has 8 heteroatoms. The predicted octanol–water partition coefficient (Wildman–Crippen LogP) is 5.32. The summed E-state index contributed by atoms with van der Waals surface area (Å²) in [6.07, 6.45) is 11.5. The van der Waals surface area contributed by atoms with Crippen LogP contribution in [-0.4, -0.2) is 50.9 Å². The first kappa shape index (κ1) is 27.4. The molecule has 2 aliphatic rings. The Labute approximate surface area is 193 Å². The monoisotopic (exact) mass is 472 g/mol. The van der Waals surface area contributed by atoms with E-state index in [-0.39, 0.29) is 48.4 Å². The highest BCUT2D eigenvalue weighted by Gasteiger charge is 2.40. The smallest absolute Gasteiger partial charge is 0.337 e. The lowest BCUT2D eigenvalue weighted by atomic mass is 9.86. The molecule has 0 bridgehead atoms. The average Bonchev–Trinajstić information content (AvgIpc) is 3.04. The highest BCUT2D eigenvalue weighted by atomic mass is 31.2. The van der Waals surface area contributed by atoms with Crippen LogP contribution in [-0.2, 0) is 32.7 Å². The third-order valence-corrected chi connectivity index (χ3v) is 8.39. The zero-order chi connectivity index (χ0) is 23.6. The largest absolute Gasteiger partial charge is 0.353 e. The van der Waals surface area contributed by atoms with Gasteiger partial charge in [0.1, 0.15) is 17.7 Å². The molecule has 32 heavy (non-hydrogen) atoms. The molecule has 1 aliphatic carbocycles. The normalized spacial score (nSPS) is 27.8. The molecule has 1 unspecified atom stereocenters. The van der Waals surface area contributed by atoms with E-state index in [1.54, 1.807) is 0 Å². The van der Waals surface area contributed by atoms with Gasteiger partial charge in [-0.3, -0.25) is 14.2 Å². The summed E-state index contributed by atoms with van der Waals surface area (Å²) in [7, 11) is -0.900. The van der Waals surface area contributed by atoms with E-state index in [9.17, 15) is 14.2 Å². The van der Waals surface area contributed by atoms with Crippen molar-refractivity contribution in [3.8, 4) is 0 Å². The topological polar surface area (TPSA) is 88.1 Å². The molecule has 1 aliphatic heterocycles. The van der Waals surface area contributed by atoms with Crippen molar-refractivity contribution in [3.05, 3.63) is 12.2 Å². The number of unbranched alkanes of at least 4 members (excludes halogenated alkanes) is 2. The molecule has 0 aromatic rings. The van der Waals surface area contributed by atoms with Gasteiger partial charge in [0.15, 0.2) is 6.29 Å². The number of allylic oxidation sites excluding steroid dienone is 1. The van der Waals surface area contributed by atoms with Crippen molar-refractivity contribution in [1.82, 2.24) is 0 Å². The summed E-state index contributed by atoms with van der Waals surface area (Å²) in [5, 5.41) is 0. The van der Waals surface area contributed by atoms with E-state index in [2.05, 4.69) is 19.1 Å². The maximum atomic E-state index is 12.6. The maximum Gasteiger partial charge on any atom is 0.337 e. The van der Waals surface area contributed by atoms with Gasteiger partial charge in [-0.15, -0.1) is 0 Å². The highest BCUT2D eigenvalue weighted by Crippen LogP contribution is 2.47. The van der Waals surface area contributed by atoms with Crippen LogP contribution in [0.5, 0.6) is 0 Å². The molecule has 1 saturated heterocycles. The summed E-state index contributed by atoms with van der Waals surface area (Å²) >= 11 is 0. The molecule has 0 N–H and O–H groups in total. The van der Waals surface area contributed by atoms with E-state index in [0.717, 1.165) is 51.6 Å². The Balaban J connectivity index is 2.05. The van der Waals surface area contributed by atoms with E-state index >= 15 is 0 Å². The van der Waals surface area contributed by atoms with E-state index in [0.29, 0.717) is 6.42 Å². The molecule has 0 aromatic carbocycles. The molecule has 2 rings (SSSR count). The fourth-order valence-corrected chi connectivity index (χ4v) is 5.56.